The van der Waals surface area contributed by atoms with Crippen LogP contribution in [0.2, 0.25) is 0 Å². The maximum atomic E-state index is 11.8. The van der Waals surface area contributed by atoms with Crippen LogP contribution in [0.25, 0.3) is 0 Å². The smallest absolute Gasteiger partial charge is 0.307 e. The summed E-state index contributed by atoms with van der Waals surface area (Å²) in [6.45, 7) is 1.65. The fraction of sp³-hybridized carbons (Fsp3) is 0.318. The van der Waals surface area contributed by atoms with Gasteiger partial charge in [0.2, 0.25) is 5.91 Å². The third-order valence-corrected chi connectivity index (χ3v) is 4.91. The molecule has 15 nitrogen and oxygen atoms in total. The minimum atomic E-state index is -0.820. The number of rotatable bonds is 12. The van der Waals surface area contributed by atoms with E-state index in [4.69, 9.17) is 0 Å². The number of carbonyl (C=O) groups is 3. The van der Waals surface area contributed by atoms with Gasteiger partial charge in [-0.3, -0.25) is 34.6 Å². The highest BCUT2D eigenvalue weighted by atomic mass is 16.6. The number of amides is 1. The highest BCUT2D eigenvalue weighted by Crippen LogP contribution is 2.35. The number of carbonyl (C=O) groups excluding carboxylic acids is 3. The molecule has 0 spiro atoms. The Bertz CT molecular complexity index is 1210. The van der Waals surface area contributed by atoms with Crippen molar-refractivity contribution in [1.82, 2.24) is 0 Å². The van der Waals surface area contributed by atoms with E-state index in [0.717, 1.165) is 18.2 Å². The molecule has 0 saturated carbocycles. The van der Waals surface area contributed by atoms with Crippen LogP contribution in [-0.2, 0) is 23.9 Å². The van der Waals surface area contributed by atoms with Crippen LogP contribution in [-0.4, -0.2) is 55.0 Å². The van der Waals surface area contributed by atoms with Gasteiger partial charge in [0.1, 0.15) is 5.69 Å². The topological polar surface area (TPSA) is 196 Å². The minimum Gasteiger partial charge on any atom is -0.469 e. The van der Waals surface area contributed by atoms with Crippen LogP contribution in [0, 0.1) is 20.2 Å². The summed E-state index contributed by atoms with van der Waals surface area (Å²) in [6, 6.07) is 7.53. The van der Waals surface area contributed by atoms with Crippen LogP contribution in [0.3, 0.4) is 0 Å². The average molecular weight is 516 g/mol. The average Bonchev–Trinajstić information content (AvgIpc) is 2.86. The highest BCUT2D eigenvalue weighted by molar-refractivity contribution is 5.93. The molecule has 0 radical (unpaired) electrons. The SMILES string of the molecule is COC(=O)CCN(CCC(=O)OC)c1ccc(/N=N/c2ccc([N+](=O)[O-])cc2[N+](=O)[O-])c(NC(C)=O)c1. The standard InChI is InChI=1S/C22H24N6O9/c1-14(29)23-19-12-15(26(10-8-21(30)36-2)11-9-22(31)37-3)4-6-17(19)24-25-18-7-5-16(27(32)33)13-20(18)28(34)35/h4-7,12-13H,8-11H2,1-3H3,(H,23,29)/b25-24+. The van der Waals surface area contributed by atoms with Gasteiger partial charge < -0.3 is 19.7 Å². The number of nitrogens with one attached hydrogen (secondary N) is 1. The minimum absolute atomic E-state index is 0.0262. The van der Waals surface area contributed by atoms with Crippen LogP contribution in [0.5, 0.6) is 0 Å². The zero-order valence-electron chi connectivity index (χ0n) is 20.2. The lowest BCUT2D eigenvalue weighted by atomic mass is 10.2. The van der Waals surface area contributed by atoms with Crippen LogP contribution in [0.15, 0.2) is 46.6 Å². The summed E-state index contributed by atoms with van der Waals surface area (Å²) in [5.74, 6) is -1.36. The van der Waals surface area contributed by atoms with Gasteiger partial charge in [0, 0.05) is 31.8 Å². The molecule has 0 aromatic heterocycles. The highest BCUT2D eigenvalue weighted by Gasteiger charge is 2.20. The van der Waals surface area contributed by atoms with Crippen molar-refractivity contribution in [3.05, 3.63) is 56.6 Å². The quantitative estimate of drug-likeness (QED) is 0.187. The van der Waals surface area contributed by atoms with Gasteiger partial charge in [-0.25, -0.2) is 0 Å². The van der Waals surface area contributed by atoms with E-state index < -0.39 is 39.1 Å². The summed E-state index contributed by atoms with van der Waals surface area (Å²) in [6.07, 6.45) is 0.0524. The molecule has 0 aliphatic heterocycles. The van der Waals surface area contributed by atoms with E-state index in [9.17, 15) is 34.6 Å². The summed E-state index contributed by atoms with van der Waals surface area (Å²) in [4.78, 5) is 57.5. The fourth-order valence-corrected chi connectivity index (χ4v) is 3.09. The number of esters is 2. The number of hydrogen-bond acceptors (Lipinski definition) is 12. The number of anilines is 2. The van der Waals surface area contributed by atoms with Crippen LogP contribution in [0.1, 0.15) is 19.8 Å². The molecule has 0 heterocycles. The lowest BCUT2D eigenvalue weighted by Crippen LogP contribution is -2.29. The van der Waals surface area contributed by atoms with E-state index in [0.29, 0.717) is 5.69 Å². The molecule has 0 saturated heterocycles. The van der Waals surface area contributed by atoms with Crippen LogP contribution in [0.4, 0.5) is 34.1 Å². The van der Waals surface area contributed by atoms with Gasteiger partial charge in [-0.15, -0.1) is 10.2 Å². The molecule has 2 rings (SSSR count). The van der Waals surface area contributed by atoms with Crippen molar-refractivity contribution in [1.29, 1.82) is 0 Å². The summed E-state index contributed by atoms with van der Waals surface area (Å²) < 4.78 is 9.35. The first-order valence-electron chi connectivity index (χ1n) is 10.7. The van der Waals surface area contributed by atoms with Gasteiger partial charge in [-0.05, 0) is 24.3 Å². The molecule has 37 heavy (non-hydrogen) atoms. The molecule has 2 aromatic rings. The number of methoxy groups -OCH3 is 2. The lowest BCUT2D eigenvalue weighted by molar-refractivity contribution is -0.393. The molecule has 0 aliphatic carbocycles. The first kappa shape index (κ1) is 28.3. The Balaban J connectivity index is 2.45. The van der Waals surface area contributed by atoms with Crippen molar-refractivity contribution in [3.8, 4) is 0 Å². The van der Waals surface area contributed by atoms with Gasteiger partial charge in [-0.1, -0.05) is 0 Å². The largest absolute Gasteiger partial charge is 0.469 e. The third kappa shape index (κ3) is 8.34. The maximum Gasteiger partial charge on any atom is 0.307 e. The van der Waals surface area contributed by atoms with Crippen molar-refractivity contribution >= 4 is 52.0 Å². The Morgan fingerprint density at radius 3 is 1.97 bits per heavy atom. The van der Waals surface area contributed by atoms with Gasteiger partial charge in [0.15, 0.2) is 5.69 Å². The number of hydrogen-bond donors (Lipinski definition) is 1. The molecule has 1 amide bonds. The maximum absolute atomic E-state index is 11.8. The Kier molecular flexibility index (Phi) is 10.1. The second-order valence-electron chi connectivity index (χ2n) is 7.41. The van der Waals surface area contributed by atoms with E-state index in [1.165, 1.54) is 33.3 Å². The number of nitro benzene ring substituents is 2. The monoisotopic (exact) mass is 516 g/mol. The predicted molar refractivity (Wildman–Crippen MR) is 130 cm³/mol. The fourth-order valence-electron chi connectivity index (χ4n) is 3.09. The molecule has 2 aromatic carbocycles. The third-order valence-electron chi connectivity index (χ3n) is 4.91. The first-order valence-corrected chi connectivity index (χ1v) is 10.7. The number of benzene rings is 2. The van der Waals surface area contributed by atoms with Crippen LogP contribution >= 0.6 is 0 Å². The molecular formula is C22H24N6O9. The summed E-state index contributed by atoms with van der Waals surface area (Å²) >= 11 is 0. The molecule has 196 valence electrons. The first-order chi connectivity index (χ1) is 17.5. The molecule has 0 bridgehead atoms. The zero-order chi connectivity index (χ0) is 27.5. The Morgan fingerprint density at radius 1 is 0.892 bits per heavy atom. The molecule has 0 atom stereocenters. The van der Waals surface area contributed by atoms with Gasteiger partial charge >= 0.3 is 17.6 Å². The van der Waals surface area contributed by atoms with Crippen LogP contribution < -0.4 is 10.2 Å². The van der Waals surface area contributed by atoms with Crippen molar-refractivity contribution in [2.75, 3.05) is 37.5 Å². The van der Waals surface area contributed by atoms with E-state index in [1.54, 1.807) is 11.0 Å². The molecule has 0 unspecified atom stereocenters. The predicted octanol–water partition coefficient (Wildman–Crippen LogP) is 3.81. The van der Waals surface area contributed by atoms with E-state index in [-0.39, 0.29) is 43.0 Å². The molecular weight excluding hydrogens is 492 g/mol. The van der Waals surface area contributed by atoms with E-state index in [1.807, 2.05) is 0 Å². The second-order valence-corrected chi connectivity index (χ2v) is 7.41. The normalized spacial score (nSPS) is 10.6. The number of nitro groups is 2. The molecule has 1 N–H and O–H groups in total. The number of nitrogens with zero attached hydrogens (tertiary/aromatic N) is 5. The van der Waals surface area contributed by atoms with Gasteiger partial charge in [-0.2, -0.15) is 0 Å². The second kappa shape index (κ2) is 13.2. The van der Waals surface area contributed by atoms with Gasteiger partial charge in [0.25, 0.3) is 5.69 Å². The number of non-ortho nitro benzene ring substituents is 1. The Hall–Kier alpha value is -4.95. The van der Waals surface area contributed by atoms with E-state index >= 15 is 0 Å². The number of ether oxygens (including phenoxy) is 2. The molecule has 0 fully saturated rings. The van der Waals surface area contributed by atoms with Crippen molar-refractivity contribution in [3.63, 3.8) is 0 Å². The van der Waals surface area contributed by atoms with Crippen molar-refractivity contribution < 1.29 is 33.7 Å². The summed E-state index contributed by atoms with van der Waals surface area (Å²) in [5.41, 5.74) is -0.477. The van der Waals surface area contributed by atoms with Crippen molar-refractivity contribution in [2.45, 2.75) is 19.8 Å². The zero-order valence-corrected chi connectivity index (χ0v) is 20.2. The summed E-state index contributed by atoms with van der Waals surface area (Å²) in [5, 5.41) is 32.7. The Labute approximate surface area is 210 Å². The molecule has 0 aliphatic rings. The number of azo groups is 1. The van der Waals surface area contributed by atoms with Gasteiger partial charge in [0.05, 0.1) is 48.7 Å². The van der Waals surface area contributed by atoms with E-state index in [2.05, 4.69) is 25.0 Å². The lowest BCUT2D eigenvalue weighted by Gasteiger charge is -2.25. The van der Waals surface area contributed by atoms with Crippen molar-refractivity contribution in [2.24, 2.45) is 10.2 Å². The Morgan fingerprint density at radius 2 is 1.46 bits per heavy atom. The molecule has 15 heteroatoms. The summed E-state index contributed by atoms with van der Waals surface area (Å²) in [7, 11) is 2.51.